The minimum Gasteiger partial charge on any atom is -0.240 e. The van der Waals surface area contributed by atoms with Crippen molar-refractivity contribution >= 4 is 45.4 Å². The number of rotatable bonds is 9. The molecule has 10 nitrogen and oxygen atoms in total. The van der Waals surface area contributed by atoms with Crippen molar-refractivity contribution < 1.29 is 0 Å². The number of benzene rings is 3. The topological polar surface area (TPSA) is 113 Å². The van der Waals surface area contributed by atoms with Gasteiger partial charge in [0, 0.05) is 33.3 Å². The summed E-state index contributed by atoms with van der Waals surface area (Å²) in [7, 11) is 0. The van der Waals surface area contributed by atoms with Crippen LogP contribution in [0.3, 0.4) is 0 Å². The van der Waals surface area contributed by atoms with Crippen molar-refractivity contribution in [2.45, 2.75) is 153 Å². The van der Waals surface area contributed by atoms with Gasteiger partial charge in [-0.05, 0) is 115 Å². The van der Waals surface area contributed by atoms with E-state index in [1.165, 1.54) is 38.9 Å². The number of nitrogens with zero attached hydrogens (tertiary/aromatic N) is 10. The van der Waals surface area contributed by atoms with Gasteiger partial charge in [0.15, 0.2) is 29.1 Å². The third-order valence-electron chi connectivity index (χ3n) is 14.2. The number of hydrogen-bond donors (Lipinski definition) is 0. The van der Waals surface area contributed by atoms with Crippen LogP contribution >= 0.6 is 0 Å². The lowest BCUT2D eigenvalue weighted by atomic mass is 9.38. The Morgan fingerprint density at radius 1 is 0.409 bits per heavy atom. The van der Waals surface area contributed by atoms with E-state index < -0.39 is 6.71 Å². The standard InChI is InChI=1S/C55H63BN10/c1-24(2)35-20-37(26(5)6)42(38(21-35)27(7)8)52-57-45-33(16)63-65-47(45)49(59-52)56-44-54(65)61-51(41-31(14)18-30(13)19-32(41)15)62-55(44)66-48-46(34(17)64-66)58-53(60-50(48)56)43-39(28(9)10)22-36(25(3)4)23-40(43)29(11)12/h18-29H,1-17H3. The quantitative estimate of drug-likeness (QED) is 0.132. The lowest BCUT2D eigenvalue weighted by molar-refractivity contribution is 0.805. The van der Waals surface area contributed by atoms with Gasteiger partial charge in [0.05, 0.1) is 11.4 Å². The molecule has 0 radical (unpaired) electrons. The average Bonchev–Trinajstić information content (AvgIpc) is 3.77. The fourth-order valence-corrected chi connectivity index (χ4v) is 10.8. The molecule has 0 bridgehead atoms. The SMILES string of the molecule is Cc1cc(C)c(-c2nc3c4c(n2)-n2nc(C)c5nc(-c6c(C(C)C)cc(C(C)C)cc6C(C)C)nc(c52)B4c2nc(-c4c(C(C)C)cc(C(C)C)cc4C(C)C)nc4c(C)nn-3c24)c(C)c1. The predicted molar refractivity (Wildman–Crippen MR) is 272 cm³/mol. The first kappa shape index (κ1) is 43.8. The van der Waals surface area contributed by atoms with Crippen LogP contribution < -0.4 is 16.6 Å². The summed E-state index contributed by atoms with van der Waals surface area (Å²) in [5, 5.41) is 10.6. The smallest absolute Gasteiger partial charge is 0.240 e. The van der Waals surface area contributed by atoms with Gasteiger partial charge in [-0.25, -0.2) is 39.3 Å². The first-order valence-electron chi connectivity index (χ1n) is 24.2. The van der Waals surface area contributed by atoms with E-state index in [0.29, 0.717) is 40.9 Å². The van der Waals surface area contributed by atoms with Crippen LogP contribution in [0.2, 0.25) is 0 Å². The number of fused-ring (bicyclic) bond motifs is 4. The van der Waals surface area contributed by atoms with Crippen LogP contribution in [0.1, 0.15) is 180 Å². The summed E-state index contributed by atoms with van der Waals surface area (Å²) in [6.07, 6.45) is 0. The van der Waals surface area contributed by atoms with Crippen molar-refractivity contribution in [3.8, 4) is 45.8 Å². The summed E-state index contributed by atoms with van der Waals surface area (Å²) in [4.78, 5) is 33.7. The Kier molecular flexibility index (Phi) is 10.3. The molecule has 2 aliphatic rings. The minimum atomic E-state index is -0.468. The molecule has 0 N–H and O–H groups in total. The second-order valence-electron chi connectivity index (χ2n) is 21.1. The molecule has 11 heteroatoms. The van der Waals surface area contributed by atoms with E-state index in [9.17, 15) is 0 Å². The van der Waals surface area contributed by atoms with Crippen LogP contribution in [-0.4, -0.2) is 56.2 Å². The third kappa shape index (κ3) is 6.50. The average molecular weight is 875 g/mol. The van der Waals surface area contributed by atoms with E-state index in [1.54, 1.807) is 0 Å². The monoisotopic (exact) mass is 875 g/mol. The van der Waals surface area contributed by atoms with E-state index in [-0.39, 0.29) is 23.7 Å². The van der Waals surface area contributed by atoms with Gasteiger partial charge in [0.2, 0.25) is 0 Å². The third-order valence-corrected chi connectivity index (χ3v) is 14.2. The van der Waals surface area contributed by atoms with E-state index in [2.05, 4.69) is 154 Å². The molecule has 0 saturated heterocycles. The highest BCUT2D eigenvalue weighted by molar-refractivity contribution is 6.99. The van der Waals surface area contributed by atoms with E-state index in [0.717, 1.165) is 77.9 Å². The molecule has 5 aromatic heterocycles. The molecule has 2 aliphatic heterocycles. The summed E-state index contributed by atoms with van der Waals surface area (Å²) < 4.78 is 3.97. The number of aromatic nitrogens is 10. The lowest BCUT2D eigenvalue weighted by Gasteiger charge is -2.30. The highest BCUT2D eigenvalue weighted by Gasteiger charge is 2.47. The maximum absolute atomic E-state index is 5.79. The molecule has 0 atom stereocenters. The molecule has 0 amide bonds. The zero-order valence-electron chi connectivity index (χ0n) is 42.0. The second-order valence-corrected chi connectivity index (χ2v) is 21.1. The fraction of sp³-hybridized carbons (Fsp3) is 0.418. The molecule has 66 heavy (non-hydrogen) atoms. The first-order valence-corrected chi connectivity index (χ1v) is 24.2. The summed E-state index contributed by atoms with van der Waals surface area (Å²) in [5.74, 6) is 5.19. The Labute approximate surface area is 390 Å². The highest BCUT2D eigenvalue weighted by Crippen LogP contribution is 2.41. The molecule has 3 aromatic carbocycles. The minimum absolute atomic E-state index is 0.243. The molecule has 0 fully saturated rings. The molecule has 7 heterocycles. The van der Waals surface area contributed by atoms with Gasteiger partial charge in [-0.2, -0.15) is 10.2 Å². The van der Waals surface area contributed by atoms with Gasteiger partial charge in [-0.1, -0.05) is 125 Å². The van der Waals surface area contributed by atoms with Gasteiger partial charge in [-0.15, -0.1) is 0 Å². The number of hydrogen-bond acceptors (Lipinski definition) is 8. The molecular formula is C55H63BN10. The summed E-state index contributed by atoms with van der Waals surface area (Å²) in [5.41, 5.74) is 21.9. The van der Waals surface area contributed by atoms with Gasteiger partial charge in [-0.3, -0.25) is 0 Å². The Morgan fingerprint density at radius 3 is 1.09 bits per heavy atom. The van der Waals surface area contributed by atoms with Crippen LogP contribution in [0.5, 0.6) is 0 Å². The van der Waals surface area contributed by atoms with Crippen molar-refractivity contribution in [1.29, 1.82) is 0 Å². The zero-order valence-corrected chi connectivity index (χ0v) is 42.0. The van der Waals surface area contributed by atoms with Gasteiger partial charge in [0.1, 0.15) is 22.1 Å². The van der Waals surface area contributed by atoms with Crippen molar-refractivity contribution in [3.63, 3.8) is 0 Å². The van der Waals surface area contributed by atoms with Gasteiger partial charge < -0.3 is 0 Å². The zero-order chi connectivity index (χ0) is 47.1. The fourth-order valence-electron chi connectivity index (χ4n) is 10.8. The van der Waals surface area contributed by atoms with Crippen molar-refractivity contribution in [3.05, 3.63) is 97.9 Å². The van der Waals surface area contributed by atoms with Crippen LogP contribution in [0.15, 0.2) is 36.4 Å². The predicted octanol–water partition coefficient (Wildman–Crippen LogP) is 11.2. The largest absolute Gasteiger partial charge is 0.303 e. The maximum Gasteiger partial charge on any atom is 0.303 e. The highest BCUT2D eigenvalue weighted by atomic mass is 15.4. The van der Waals surface area contributed by atoms with Crippen LogP contribution in [0.25, 0.3) is 67.9 Å². The number of aryl methyl sites for hydroxylation is 5. The molecule has 0 unspecified atom stereocenters. The van der Waals surface area contributed by atoms with Gasteiger partial charge in [0.25, 0.3) is 0 Å². The molecular weight excluding hydrogens is 811 g/mol. The van der Waals surface area contributed by atoms with Crippen molar-refractivity contribution in [2.24, 2.45) is 0 Å². The molecule has 0 saturated carbocycles. The van der Waals surface area contributed by atoms with E-state index in [1.807, 2.05) is 9.36 Å². The van der Waals surface area contributed by atoms with E-state index in [4.69, 9.17) is 40.1 Å². The van der Waals surface area contributed by atoms with Crippen LogP contribution in [0, 0.1) is 34.6 Å². The molecule has 336 valence electrons. The summed E-state index contributed by atoms with van der Waals surface area (Å²) >= 11 is 0. The Bertz CT molecular complexity index is 3080. The van der Waals surface area contributed by atoms with Crippen molar-refractivity contribution in [1.82, 2.24) is 49.5 Å². The molecule has 0 aliphatic carbocycles. The van der Waals surface area contributed by atoms with Crippen molar-refractivity contribution in [2.75, 3.05) is 0 Å². The lowest BCUT2D eigenvalue weighted by Crippen LogP contribution is -2.62. The Hall–Kier alpha value is -6.10. The molecule has 10 rings (SSSR count). The molecule has 0 spiro atoms. The summed E-state index contributed by atoms with van der Waals surface area (Å²) in [6.45, 7) is 37.4. The van der Waals surface area contributed by atoms with Gasteiger partial charge >= 0.3 is 6.71 Å². The van der Waals surface area contributed by atoms with Crippen LogP contribution in [-0.2, 0) is 0 Å². The van der Waals surface area contributed by atoms with E-state index >= 15 is 0 Å². The molecule has 8 aromatic rings. The maximum atomic E-state index is 5.79. The second kappa shape index (κ2) is 15.5. The Morgan fingerprint density at radius 2 is 0.758 bits per heavy atom. The Balaban J connectivity index is 1.36. The first-order chi connectivity index (χ1) is 31.2. The summed E-state index contributed by atoms with van der Waals surface area (Å²) in [6, 6.07) is 13.9. The van der Waals surface area contributed by atoms with Crippen LogP contribution in [0.4, 0.5) is 0 Å². The normalized spacial score (nSPS) is 13.1.